The highest BCUT2D eigenvalue weighted by atomic mass is 16.6. The van der Waals surface area contributed by atoms with Crippen molar-refractivity contribution in [3.63, 3.8) is 0 Å². The van der Waals surface area contributed by atoms with Gasteiger partial charge in [-0.3, -0.25) is 10.1 Å². The number of nitro benzene ring substituents is 1. The molecule has 0 aliphatic rings. The van der Waals surface area contributed by atoms with E-state index in [-0.39, 0.29) is 11.4 Å². The van der Waals surface area contributed by atoms with Crippen molar-refractivity contribution in [2.75, 3.05) is 0 Å². The molecule has 0 bridgehead atoms. The fourth-order valence-electron chi connectivity index (χ4n) is 2.41. The second-order valence-corrected chi connectivity index (χ2v) is 4.67. The van der Waals surface area contributed by atoms with Gasteiger partial charge >= 0.3 is 0 Å². The van der Waals surface area contributed by atoms with Gasteiger partial charge in [0.25, 0.3) is 5.69 Å². The van der Waals surface area contributed by atoms with Gasteiger partial charge in [0.2, 0.25) is 0 Å². The number of aromatic amines is 1. The van der Waals surface area contributed by atoms with E-state index in [2.05, 4.69) is 11.6 Å². The molecular formula is C16H12N2O3. The molecule has 1 aromatic heterocycles. The summed E-state index contributed by atoms with van der Waals surface area (Å²) >= 11 is 0. The lowest BCUT2D eigenvalue weighted by Crippen LogP contribution is -1.87. The Hall–Kier alpha value is -3.08. The molecule has 0 saturated carbocycles. The molecule has 0 saturated heterocycles. The van der Waals surface area contributed by atoms with Crippen molar-refractivity contribution in [2.45, 2.75) is 0 Å². The Balaban J connectivity index is 2.37. The summed E-state index contributed by atoms with van der Waals surface area (Å²) in [6, 6.07) is 13.9. The molecule has 21 heavy (non-hydrogen) atoms. The van der Waals surface area contributed by atoms with Gasteiger partial charge in [-0.2, -0.15) is 0 Å². The number of fused-ring (bicyclic) bond motifs is 1. The van der Waals surface area contributed by atoms with Crippen LogP contribution in [0.25, 0.3) is 27.8 Å². The van der Waals surface area contributed by atoms with Crippen LogP contribution in [0.2, 0.25) is 0 Å². The van der Waals surface area contributed by atoms with Gasteiger partial charge < -0.3 is 10.1 Å². The molecule has 0 unspecified atom stereocenters. The first-order valence-electron chi connectivity index (χ1n) is 6.31. The third-order valence-electron chi connectivity index (χ3n) is 3.34. The summed E-state index contributed by atoms with van der Waals surface area (Å²) in [5.41, 5.74) is 2.76. The Morgan fingerprint density at radius 3 is 2.52 bits per heavy atom. The fourth-order valence-corrected chi connectivity index (χ4v) is 2.41. The van der Waals surface area contributed by atoms with Crippen LogP contribution in [-0.2, 0) is 0 Å². The Morgan fingerprint density at radius 2 is 1.90 bits per heavy atom. The van der Waals surface area contributed by atoms with E-state index >= 15 is 0 Å². The molecule has 3 aromatic rings. The number of aliphatic hydroxyl groups excluding tert-OH is 1. The summed E-state index contributed by atoms with van der Waals surface area (Å²) in [6.45, 7) is 3.55. The van der Waals surface area contributed by atoms with Crippen molar-refractivity contribution in [3.8, 4) is 11.1 Å². The van der Waals surface area contributed by atoms with Crippen LogP contribution in [0, 0.1) is 10.1 Å². The minimum Gasteiger partial charge on any atom is -0.506 e. The molecule has 3 rings (SSSR count). The smallest absolute Gasteiger partial charge is 0.270 e. The van der Waals surface area contributed by atoms with Gasteiger partial charge in [0.05, 0.1) is 10.6 Å². The second kappa shape index (κ2) is 4.79. The third-order valence-corrected chi connectivity index (χ3v) is 3.34. The maximum Gasteiger partial charge on any atom is 0.270 e. The second-order valence-electron chi connectivity index (χ2n) is 4.67. The summed E-state index contributed by atoms with van der Waals surface area (Å²) in [5.74, 6) is -0.104. The summed E-state index contributed by atoms with van der Waals surface area (Å²) in [6.07, 6.45) is 0. The number of aliphatic hydroxyl groups is 1. The molecule has 1 heterocycles. The maximum absolute atomic E-state index is 11.0. The van der Waals surface area contributed by atoms with E-state index in [1.54, 1.807) is 6.07 Å². The maximum atomic E-state index is 11.0. The first-order valence-corrected chi connectivity index (χ1v) is 6.31. The largest absolute Gasteiger partial charge is 0.506 e. The van der Waals surface area contributed by atoms with Crippen LogP contribution in [0.15, 0.2) is 55.1 Å². The molecule has 0 amide bonds. The lowest BCUT2D eigenvalue weighted by Gasteiger charge is -2.03. The van der Waals surface area contributed by atoms with Crippen LogP contribution in [0.1, 0.15) is 5.69 Å². The number of nitrogens with zero attached hydrogens (tertiary/aromatic N) is 1. The van der Waals surface area contributed by atoms with Gasteiger partial charge in [-0.05, 0) is 11.6 Å². The summed E-state index contributed by atoms with van der Waals surface area (Å²) in [5, 5.41) is 21.4. The molecular weight excluding hydrogens is 268 g/mol. The predicted molar refractivity (Wildman–Crippen MR) is 82.1 cm³/mol. The minimum atomic E-state index is -0.436. The van der Waals surface area contributed by atoms with E-state index in [9.17, 15) is 15.2 Å². The predicted octanol–water partition coefficient (Wildman–Crippen LogP) is 4.27. The van der Waals surface area contributed by atoms with Gasteiger partial charge in [-0.25, -0.2) is 0 Å². The lowest BCUT2D eigenvalue weighted by molar-refractivity contribution is -0.384. The van der Waals surface area contributed by atoms with Crippen molar-refractivity contribution >= 4 is 22.3 Å². The quantitative estimate of drug-likeness (QED) is 0.427. The minimum absolute atomic E-state index is 0.00813. The number of rotatable bonds is 3. The number of hydrogen-bond donors (Lipinski definition) is 2. The van der Waals surface area contributed by atoms with E-state index in [1.165, 1.54) is 12.1 Å². The Morgan fingerprint density at radius 1 is 1.19 bits per heavy atom. The molecule has 5 nitrogen and oxygen atoms in total. The first kappa shape index (κ1) is 12.9. The summed E-state index contributed by atoms with van der Waals surface area (Å²) in [4.78, 5) is 13.6. The standard InChI is InChI=1S/C16H12N2O3/c1-10(19)16-15(11-5-3-2-4-6-11)13-9-12(18(20)21)7-8-14(13)17-16/h2-9,17,19H,1H2. The molecule has 0 spiro atoms. The SMILES string of the molecule is C=C(O)c1[nH]c2ccc([N+](=O)[O-])cc2c1-c1ccccc1. The Bertz CT molecular complexity index is 851. The topological polar surface area (TPSA) is 79.2 Å². The molecule has 0 fully saturated rings. The Kier molecular flexibility index (Phi) is 2.95. The molecule has 2 aromatic carbocycles. The molecule has 104 valence electrons. The number of H-pyrrole nitrogens is 1. The molecule has 0 atom stereocenters. The first-order chi connectivity index (χ1) is 10.1. The monoisotopic (exact) mass is 280 g/mol. The number of aromatic nitrogens is 1. The van der Waals surface area contributed by atoms with Crippen LogP contribution in [0.4, 0.5) is 5.69 Å². The van der Waals surface area contributed by atoms with E-state index in [0.717, 1.165) is 5.56 Å². The number of nitrogens with one attached hydrogen (secondary N) is 1. The molecule has 2 N–H and O–H groups in total. The average Bonchev–Trinajstić information content (AvgIpc) is 2.86. The number of benzene rings is 2. The number of non-ortho nitro benzene ring substituents is 1. The van der Waals surface area contributed by atoms with Gasteiger partial charge in [-0.1, -0.05) is 36.9 Å². The van der Waals surface area contributed by atoms with Gasteiger partial charge in [0, 0.05) is 28.6 Å². The summed E-state index contributed by atoms with van der Waals surface area (Å²) < 4.78 is 0. The van der Waals surface area contributed by atoms with Crippen molar-refractivity contribution in [2.24, 2.45) is 0 Å². The third kappa shape index (κ3) is 2.14. The fraction of sp³-hybridized carbons (Fsp3) is 0. The zero-order valence-corrected chi connectivity index (χ0v) is 11.0. The van der Waals surface area contributed by atoms with Gasteiger partial charge in [0.1, 0.15) is 5.76 Å². The highest BCUT2D eigenvalue weighted by molar-refractivity contribution is 6.01. The normalized spacial score (nSPS) is 10.7. The zero-order valence-electron chi connectivity index (χ0n) is 11.0. The van der Waals surface area contributed by atoms with Gasteiger partial charge in [0.15, 0.2) is 0 Å². The van der Waals surface area contributed by atoms with Crippen molar-refractivity contribution < 1.29 is 10.0 Å². The Labute approximate surface area is 120 Å². The number of hydrogen-bond acceptors (Lipinski definition) is 3. The average molecular weight is 280 g/mol. The van der Waals surface area contributed by atoms with Crippen LogP contribution in [0.5, 0.6) is 0 Å². The van der Waals surface area contributed by atoms with E-state index < -0.39 is 4.92 Å². The van der Waals surface area contributed by atoms with Gasteiger partial charge in [-0.15, -0.1) is 0 Å². The zero-order chi connectivity index (χ0) is 15.0. The van der Waals surface area contributed by atoms with Crippen LogP contribution >= 0.6 is 0 Å². The van der Waals surface area contributed by atoms with Crippen LogP contribution in [-0.4, -0.2) is 15.0 Å². The lowest BCUT2D eigenvalue weighted by atomic mass is 10.0. The van der Waals surface area contributed by atoms with E-state index in [1.807, 2.05) is 30.3 Å². The summed E-state index contributed by atoms with van der Waals surface area (Å²) in [7, 11) is 0. The highest BCUT2D eigenvalue weighted by Gasteiger charge is 2.17. The highest BCUT2D eigenvalue weighted by Crippen LogP contribution is 2.36. The molecule has 0 aliphatic carbocycles. The van der Waals surface area contributed by atoms with Crippen molar-refractivity contribution in [3.05, 3.63) is 70.9 Å². The molecule has 0 radical (unpaired) electrons. The molecule has 5 heteroatoms. The van der Waals surface area contributed by atoms with Crippen molar-refractivity contribution in [1.29, 1.82) is 0 Å². The van der Waals surface area contributed by atoms with E-state index in [4.69, 9.17) is 0 Å². The van der Waals surface area contributed by atoms with Crippen LogP contribution in [0.3, 0.4) is 0 Å². The molecule has 0 aliphatic heterocycles. The van der Waals surface area contributed by atoms with E-state index in [0.29, 0.717) is 22.2 Å². The van der Waals surface area contributed by atoms with Crippen molar-refractivity contribution in [1.82, 2.24) is 4.98 Å². The van der Waals surface area contributed by atoms with Crippen LogP contribution < -0.4 is 0 Å². The number of nitro groups is 1.